The molecule has 0 spiro atoms. The van der Waals surface area contributed by atoms with Crippen LogP contribution in [-0.4, -0.2) is 0 Å². The van der Waals surface area contributed by atoms with Crippen molar-refractivity contribution in [3.8, 4) is 0 Å². The Balaban J connectivity index is 2.10. The third kappa shape index (κ3) is 1.13. The van der Waals surface area contributed by atoms with Crippen LogP contribution >= 0.6 is 0 Å². The molecule has 2 rings (SSSR count). The fraction of sp³-hybridized carbons (Fsp3) is 0.818. The molecule has 2 unspecified atom stereocenters. The molecule has 0 aliphatic heterocycles. The molecule has 0 aromatic rings. The molecule has 0 N–H and O–H groups in total. The Morgan fingerprint density at radius 1 is 1.36 bits per heavy atom. The number of fused-ring (bicyclic) bond motifs is 1. The van der Waals surface area contributed by atoms with Gasteiger partial charge in [0.25, 0.3) is 0 Å². The molecule has 0 heterocycles. The van der Waals surface area contributed by atoms with Crippen LogP contribution in [0.2, 0.25) is 0 Å². The van der Waals surface area contributed by atoms with E-state index in [1.165, 1.54) is 19.3 Å². The van der Waals surface area contributed by atoms with E-state index in [1.54, 1.807) is 5.57 Å². The van der Waals surface area contributed by atoms with E-state index in [0.717, 1.165) is 11.8 Å². The van der Waals surface area contributed by atoms with Gasteiger partial charge in [0.1, 0.15) is 0 Å². The highest BCUT2D eigenvalue weighted by atomic mass is 14.4. The van der Waals surface area contributed by atoms with Crippen LogP contribution in [0.25, 0.3) is 0 Å². The smallest absolute Gasteiger partial charge is 0.0176 e. The number of allylic oxidation sites excluding steroid dienone is 2. The Morgan fingerprint density at radius 2 is 2.09 bits per heavy atom. The second-order valence-electron chi connectivity index (χ2n) is 5.19. The monoisotopic (exact) mass is 150 g/mol. The minimum atomic E-state index is 0.504. The summed E-state index contributed by atoms with van der Waals surface area (Å²) in [4.78, 5) is 0. The van der Waals surface area contributed by atoms with Crippen molar-refractivity contribution in [3.05, 3.63) is 11.6 Å². The quantitative estimate of drug-likeness (QED) is 0.464. The van der Waals surface area contributed by atoms with Crippen LogP contribution in [0.3, 0.4) is 0 Å². The van der Waals surface area contributed by atoms with Crippen LogP contribution in [0, 0.1) is 17.3 Å². The van der Waals surface area contributed by atoms with E-state index in [9.17, 15) is 0 Å². The lowest BCUT2D eigenvalue weighted by atomic mass is 9.77. The van der Waals surface area contributed by atoms with E-state index in [1.807, 2.05) is 0 Å². The van der Waals surface area contributed by atoms with Gasteiger partial charge in [0, 0.05) is 0 Å². The molecule has 11 heavy (non-hydrogen) atoms. The zero-order chi connectivity index (χ0) is 8.06. The molecule has 2 atom stereocenters. The van der Waals surface area contributed by atoms with Gasteiger partial charge >= 0.3 is 0 Å². The Morgan fingerprint density at radius 3 is 2.36 bits per heavy atom. The Hall–Kier alpha value is -0.260. The summed E-state index contributed by atoms with van der Waals surface area (Å²) in [7, 11) is 0. The summed E-state index contributed by atoms with van der Waals surface area (Å²) in [6, 6.07) is 0. The summed E-state index contributed by atoms with van der Waals surface area (Å²) in [6.07, 6.45) is 6.86. The molecule has 0 radical (unpaired) electrons. The largest absolute Gasteiger partial charge is 0.0814 e. The van der Waals surface area contributed by atoms with Gasteiger partial charge in [-0.25, -0.2) is 0 Å². The molecule has 0 heteroatoms. The first-order valence-electron chi connectivity index (χ1n) is 4.78. The zero-order valence-corrected chi connectivity index (χ0v) is 7.85. The first-order chi connectivity index (χ1) is 5.07. The van der Waals surface area contributed by atoms with E-state index in [2.05, 4.69) is 26.8 Å². The van der Waals surface area contributed by atoms with Gasteiger partial charge in [-0.15, -0.1) is 0 Å². The van der Waals surface area contributed by atoms with Crippen molar-refractivity contribution in [1.29, 1.82) is 0 Å². The molecule has 1 fully saturated rings. The van der Waals surface area contributed by atoms with Crippen LogP contribution in [-0.2, 0) is 0 Å². The molecule has 0 amide bonds. The van der Waals surface area contributed by atoms with Crippen molar-refractivity contribution in [1.82, 2.24) is 0 Å². The topological polar surface area (TPSA) is 0 Å². The van der Waals surface area contributed by atoms with Crippen LogP contribution < -0.4 is 0 Å². The average molecular weight is 150 g/mol. The van der Waals surface area contributed by atoms with E-state index in [-0.39, 0.29) is 0 Å². The van der Waals surface area contributed by atoms with Crippen LogP contribution in [0.1, 0.15) is 40.0 Å². The van der Waals surface area contributed by atoms with E-state index < -0.39 is 0 Å². The van der Waals surface area contributed by atoms with Crippen molar-refractivity contribution in [2.24, 2.45) is 17.3 Å². The molecule has 2 aliphatic carbocycles. The maximum absolute atomic E-state index is 2.55. The van der Waals surface area contributed by atoms with Gasteiger partial charge in [0.15, 0.2) is 0 Å². The highest BCUT2D eigenvalue weighted by Gasteiger charge is 2.37. The number of hydrogen-bond donors (Lipinski definition) is 0. The lowest BCUT2D eigenvalue weighted by Gasteiger charge is -2.28. The van der Waals surface area contributed by atoms with Crippen molar-refractivity contribution >= 4 is 0 Å². The first-order valence-corrected chi connectivity index (χ1v) is 4.78. The molecule has 0 aromatic carbocycles. The fourth-order valence-corrected chi connectivity index (χ4v) is 2.24. The van der Waals surface area contributed by atoms with Crippen LogP contribution in [0.5, 0.6) is 0 Å². The summed E-state index contributed by atoms with van der Waals surface area (Å²) in [5.74, 6) is 1.87. The number of hydrogen-bond acceptors (Lipinski definition) is 0. The van der Waals surface area contributed by atoms with Gasteiger partial charge in [-0.1, -0.05) is 32.4 Å². The van der Waals surface area contributed by atoms with Crippen molar-refractivity contribution in [2.45, 2.75) is 40.0 Å². The molecule has 1 saturated carbocycles. The third-order valence-corrected chi connectivity index (χ3v) is 3.37. The molecule has 0 bridgehead atoms. The maximum atomic E-state index is 2.55. The SMILES string of the molecule is CC(C)(C)C1C=C2CCC2C1. The second kappa shape index (κ2) is 2.12. The molecule has 0 aromatic heterocycles. The highest BCUT2D eigenvalue weighted by molar-refractivity contribution is 5.23. The van der Waals surface area contributed by atoms with Crippen molar-refractivity contribution in [2.75, 3.05) is 0 Å². The molecule has 2 aliphatic rings. The predicted molar refractivity (Wildman–Crippen MR) is 48.4 cm³/mol. The minimum absolute atomic E-state index is 0.504. The molecular formula is C11H18. The lowest BCUT2D eigenvalue weighted by Crippen LogP contribution is -2.18. The average Bonchev–Trinajstić information content (AvgIpc) is 2.06. The summed E-state index contributed by atoms with van der Waals surface area (Å²) >= 11 is 0. The van der Waals surface area contributed by atoms with E-state index in [0.29, 0.717) is 5.41 Å². The number of rotatable bonds is 0. The van der Waals surface area contributed by atoms with Crippen molar-refractivity contribution < 1.29 is 0 Å². The highest BCUT2D eigenvalue weighted by Crippen LogP contribution is 2.49. The first kappa shape index (κ1) is 7.39. The van der Waals surface area contributed by atoms with Crippen LogP contribution in [0.15, 0.2) is 11.6 Å². The van der Waals surface area contributed by atoms with Crippen LogP contribution in [0.4, 0.5) is 0 Å². The Kier molecular flexibility index (Phi) is 1.42. The fourth-order valence-electron chi connectivity index (χ4n) is 2.24. The van der Waals surface area contributed by atoms with Gasteiger partial charge < -0.3 is 0 Å². The molecule has 0 nitrogen and oxygen atoms in total. The van der Waals surface area contributed by atoms with Gasteiger partial charge in [0.2, 0.25) is 0 Å². The lowest BCUT2D eigenvalue weighted by molar-refractivity contribution is 0.261. The summed E-state index contributed by atoms with van der Waals surface area (Å²) in [5.41, 5.74) is 2.27. The van der Waals surface area contributed by atoms with Crippen molar-refractivity contribution in [3.63, 3.8) is 0 Å². The molecular weight excluding hydrogens is 132 g/mol. The second-order valence-corrected chi connectivity index (χ2v) is 5.19. The van der Waals surface area contributed by atoms with Gasteiger partial charge in [-0.3, -0.25) is 0 Å². The standard InChI is InChI=1S/C11H18/c1-11(2,3)10-6-8-4-5-9(8)7-10/h6,9-10H,4-5,7H2,1-3H3. The summed E-state index contributed by atoms with van der Waals surface area (Å²) in [6.45, 7) is 7.08. The normalized spacial score (nSPS) is 36.1. The molecule has 0 saturated heterocycles. The minimum Gasteiger partial charge on any atom is -0.0814 e. The van der Waals surface area contributed by atoms with Gasteiger partial charge in [0.05, 0.1) is 0 Å². The molecule has 62 valence electrons. The van der Waals surface area contributed by atoms with Gasteiger partial charge in [-0.05, 0) is 36.5 Å². The Labute approximate surface area is 69.7 Å². The summed E-state index contributed by atoms with van der Waals surface area (Å²) in [5, 5.41) is 0. The third-order valence-electron chi connectivity index (χ3n) is 3.37. The Bertz CT molecular complexity index is 193. The predicted octanol–water partition coefficient (Wildman–Crippen LogP) is 3.39. The maximum Gasteiger partial charge on any atom is -0.0176 e. The summed E-state index contributed by atoms with van der Waals surface area (Å²) < 4.78 is 0. The van der Waals surface area contributed by atoms with Gasteiger partial charge in [-0.2, -0.15) is 0 Å². The van der Waals surface area contributed by atoms with E-state index in [4.69, 9.17) is 0 Å². The van der Waals surface area contributed by atoms with E-state index >= 15 is 0 Å². The zero-order valence-electron chi connectivity index (χ0n) is 7.85.